The smallest absolute Gasteiger partial charge is 0.264 e. The normalized spacial score (nSPS) is 15.3. The number of anilines is 1. The maximum atomic E-state index is 13.2. The monoisotopic (exact) mass is 872 g/mol. The number of ether oxygens (including phenoxy) is 12. The van der Waals surface area contributed by atoms with Crippen molar-refractivity contribution >= 4 is 29.3 Å². The Morgan fingerprint density at radius 1 is 0.541 bits per heavy atom. The van der Waals surface area contributed by atoms with Crippen LogP contribution in [-0.4, -0.2) is 225 Å². The van der Waals surface area contributed by atoms with Crippen LogP contribution < -0.4 is 10.6 Å². The van der Waals surface area contributed by atoms with E-state index in [2.05, 4.69) is 15.5 Å². The van der Waals surface area contributed by atoms with Crippen LogP contribution in [0, 0.1) is 0 Å². The van der Waals surface area contributed by atoms with Crippen LogP contribution in [0.15, 0.2) is 18.2 Å². The third-order valence-corrected chi connectivity index (χ3v) is 8.80. The maximum absolute atomic E-state index is 13.2. The zero-order valence-electron chi connectivity index (χ0n) is 36.0. The predicted octanol–water partition coefficient (Wildman–Crippen LogP) is 0.261. The van der Waals surface area contributed by atoms with Gasteiger partial charge >= 0.3 is 0 Å². The van der Waals surface area contributed by atoms with E-state index in [1.165, 1.54) is 0 Å². The number of rotatable bonds is 41. The van der Waals surface area contributed by atoms with Crippen molar-refractivity contribution in [1.29, 1.82) is 0 Å². The Morgan fingerprint density at radius 3 is 1.30 bits per heavy atom. The first-order chi connectivity index (χ1) is 29.9. The number of fused-ring (bicyclic) bond motifs is 1. The van der Waals surface area contributed by atoms with Gasteiger partial charge in [0, 0.05) is 25.2 Å². The van der Waals surface area contributed by atoms with Crippen molar-refractivity contribution in [1.82, 2.24) is 15.1 Å². The van der Waals surface area contributed by atoms with Crippen molar-refractivity contribution in [2.45, 2.75) is 18.9 Å². The summed E-state index contributed by atoms with van der Waals surface area (Å²) in [5, 5.41) is 5.33. The Kier molecular flexibility index (Phi) is 29.3. The van der Waals surface area contributed by atoms with E-state index in [4.69, 9.17) is 56.8 Å². The molecule has 2 aliphatic heterocycles. The van der Waals surface area contributed by atoms with Crippen molar-refractivity contribution < 1.29 is 76.0 Å². The Morgan fingerprint density at radius 2 is 0.918 bits per heavy atom. The molecule has 1 atom stereocenters. The number of imide groups is 2. The fourth-order valence-electron chi connectivity index (χ4n) is 5.69. The van der Waals surface area contributed by atoms with Gasteiger partial charge in [-0.1, -0.05) is 6.07 Å². The number of amides is 4. The number of likely N-dealkylation sites (N-methyl/N-ethyl adjacent to an activating group) is 1. The van der Waals surface area contributed by atoms with Gasteiger partial charge in [-0.3, -0.25) is 29.4 Å². The van der Waals surface area contributed by atoms with Gasteiger partial charge in [0.15, 0.2) is 0 Å². The molecule has 1 saturated heterocycles. The van der Waals surface area contributed by atoms with Gasteiger partial charge in [0.2, 0.25) is 11.8 Å². The lowest BCUT2D eigenvalue weighted by Gasteiger charge is -2.27. The summed E-state index contributed by atoms with van der Waals surface area (Å²) < 4.78 is 66.0. The summed E-state index contributed by atoms with van der Waals surface area (Å²) in [6.45, 7) is 12.9. The van der Waals surface area contributed by atoms with Gasteiger partial charge in [-0.05, 0) is 32.6 Å². The molecule has 2 N–H and O–H groups in total. The maximum Gasteiger partial charge on any atom is 0.264 e. The van der Waals surface area contributed by atoms with E-state index in [0.29, 0.717) is 171 Å². The molecule has 1 aromatic rings. The van der Waals surface area contributed by atoms with Crippen LogP contribution in [0.2, 0.25) is 0 Å². The fraction of sp³-hybridized carbons (Fsp3) is 0.756. The average molecular weight is 873 g/mol. The molecular formula is C41H68N4O16. The minimum absolute atomic E-state index is 0.0643. The molecule has 2 aliphatic rings. The third-order valence-electron chi connectivity index (χ3n) is 8.80. The van der Waals surface area contributed by atoms with E-state index in [0.717, 1.165) is 11.4 Å². The third kappa shape index (κ3) is 23.2. The Bertz CT molecular complexity index is 1360. The number of hydrogen-bond donors (Lipinski definition) is 2. The van der Waals surface area contributed by atoms with Crippen LogP contribution in [0.25, 0.3) is 0 Å². The number of piperidine rings is 1. The number of nitrogens with one attached hydrogen (secondary N) is 2. The van der Waals surface area contributed by atoms with Crippen molar-refractivity contribution in [3.05, 3.63) is 29.3 Å². The molecule has 0 spiro atoms. The van der Waals surface area contributed by atoms with E-state index in [1.807, 2.05) is 14.1 Å². The first-order valence-corrected chi connectivity index (χ1v) is 21.1. The molecule has 3 rings (SSSR count). The molecule has 0 radical (unpaired) electrons. The van der Waals surface area contributed by atoms with Gasteiger partial charge in [-0.25, -0.2) is 0 Å². The molecule has 20 nitrogen and oxygen atoms in total. The first-order valence-electron chi connectivity index (χ1n) is 21.1. The standard InChI is InChI=1S/C41H68N4O16/c1-44(2)9-11-51-13-15-53-17-19-55-21-23-57-25-27-59-29-31-61-33-32-60-30-28-58-26-24-56-22-20-54-18-16-52-14-12-50-10-8-42-35-5-3-4-34-38(35)41(49)45(40(34)48)36-6-7-37(46)43-39(36)47/h3-5,36,42H,6-33H2,1-2H3,(H,43,46,47). The largest absolute Gasteiger partial charge is 0.382 e. The van der Waals surface area contributed by atoms with E-state index in [1.54, 1.807) is 18.2 Å². The molecular weight excluding hydrogens is 804 g/mol. The van der Waals surface area contributed by atoms with E-state index in [-0.39, 0.29) is 24.0 Å². The van der Waals surface area contributed by atoms with Gasteiger partial charge in [-0.2, -0.15) is 0 Å². The summed E-state index contributed by atoms with van der Waals surface area (Å²) in [7, 11) is 4.03. The molecule has 4 amide bonds. The van der Waals surface area contributed by atoms with Crippen LogP contribution >= 0.6 is 0 Å². The summed E-state index contributed by atoms with van der Waals surface area (Å²) in [6, 6.07) is 3.90. The number of carbonyl (C=O) groups is 4. The van der Waals surface area contributed by atoms with Crippen molar-refractivity contribution in [3.63, 3.8) is 0 Å². The quantitative estimate of drug-likeness (QED) is 0.0668. The second-order valence-electron chi connectivity index (χ2n) is 13.8. The predicted molar refractivity (Wildman–Crippen MR) is 220 cm³/mol. The minimum atomic E-state index is -1.01. The van der Waals surface area contributed by atoms with E-state index >= 15 is 0 Å². The highest BCUT2D eigenvalue weighted by molar-refractivity contribution is 6.25. The lowest BCUT2D eigenvalue weighted by atomic mass is 10.0. The molecule has 0 saturated carbocycles. The summed E-state index contributed by atoms with van der Waals surface area (Å²) in [5.41, 5.74) is 0.904. The summed E-state index contributed by atoms with van der Waals surface area (Å²) in [6.07, 6.45) is 0.167. The SMILES string of the molecule is CN(C)CCOCCOCCOCCOCCOCCOCCOCCOCCOCCOCCOCCOCCNc1cccc2c1C(=O)N(C1CCC(=O)NC1=O)C2=O. The topological polar surface area (TPSA) is 210 Å². The van der Waals surface area contributed by atoms with Gasteiger partial charge < -0.3 is 67.1 Å². The van der Waals surface area contributed by atoms with Crippen LogP contribution in [0.4, 0.5) is 5.69 Å². The van der Waals surface area contributed by atoms with E-state index < -0.39 is 29.7 Å². The molecule has 2 heterocycles. The second-order valence-corrected chi connectivity index (χ2v) is 13.8. The highest BCUT2D eigenvalue weighted by Gasteiger charge is 2.45. The molecule has 20 heteroatoms. The summed E-state index contributed by atoms with van der Waals surface area (Å²) in [4.78, 5) is 53.0. The number of hydrogen-bond acceptors (Lipinski definition) is 18. The molecule has 1 fully saturated rings. The van der Waals surface area contributed by atoms with E-state index in [9.17, 15) is 19.2 Å². The highest BCUT2D eigenvalue weighted by Crippen LogP contribution is 2.32. The van der Waals surface area contributed by atoms with Crippen LogP contribution in [0.5, 0.6) is 0 Å². The molecule has 0 aromatic heterocycles. The summed E-state index contributed by atoms with van der Waals surface area (Å²) in [5.74, 6) is -2.17. The van der Waals surface area contributed by atoms with Gasteiger partial charge in [0.25, 0.3) is 11.8 Å². The number of nitrogens with zero attached hydrogens (tertiary/aromatic N) is 2. The van der Waals surface area contributed by atoms with Crippen LogP contribution in [-0.2, 0) is 66.4 Å². The zero-order valence-corrected chi connectivity index (χ0v) is 36.0. The molecule has 348 valence electrons. The van der Waals surface area contributed by atoms with Crippen LogP contribution in [0.1, 0.15) is 33.6 Å². The molecule has 61 heavy (non-hydrogen) atoms. The average Bonchev–Trinajstić information content (AvgIpc) is 3.50. The lowest BCUT2D eigenvalue weighted by molar-refractivity contribution is -0.136. The van der Waals surface area contributed by atoms with Crippen LogP contribution in [0.3, 0.4) is 0 Å². The zero-order chi connectivity index (χ0) is 43.6. The summed E-state index contributed by atoms with van der Waals surface area (Å²) >= 11 is 0. The minimum Gasteiger partial charge on any atom is -0.382 e. The first kappa shape index (κ1) is 52.1. The Hall–Kier alpha value is -3.22. The van der Waals surface area contributed by atoms with Gasteiger partial charge in [0.05, 0.1) is 170 Å². The fourth-order valence-corrected chi connectivity index (χ4v) is 5.69. The van der Waals surface area contributed by atoms with Crippen molar-refractivity contribution in [2.75, 3.05) is 191 Å². The lowest BCUT2D eigenvalue weighted by Crippen LogP contribution is -2.54. The van der Waals surface area contributed by atoms with Gasteiger partial charge in [-0.15, -0.1) is 0 Å². The Labute approximate surface area is 359 Å². The van der Waals surface area contributed by atoms with Crippen molar-refractivity contribution in [3.8, 4) is 0 Å². The molecule has 0 bridgehead atoms. The highest BCUT2D eigenvalue weighted by atomic mass is 16.6. The van der Waals surface area contributed by atoms with Crippen molar-refractivity contribution in [2.24, 2.45) is 0 Å². The van der Waals surface area contributed by atoms with Gasteiger partial charge in [0.1, 0.15) is 6.04 Å². The number of benzene rings is 1. The Balaban J connectivity index is 0.970. The molecule has 0 aliphatic carbocycles. The molecule has 1 aromatic carbocycles. The number of carbonyl (C=O) groups excluding carboxylic acids is 4. The molecule has 1 unspecified atom stereocenters. The second kappa shape index (κ2) is 34.3.